The van der Waals surface area contributed by atoms with Crippen LogP contribution < -0.4 is 10.5 Å². The van der Waals surface area contributed by atoms with Crippen molar-refractivity contribution in [3.8, 4) is 11.5 Å². The van der Waals surface area contributed by atoms with Crippen molar-refractivity contribution in [1.82, 2.24) is 0 Å². The molecule has 0 aliphatic rings. The van der Waals surface area contributed by atoms with E-state index < -0.39 is 0 Å². The van der Waals surface area contributed by atoms with Gasteiger partial charge in [0.1, 0.15) is 17.3 Å². The molecule has 4 nitrogen and oxygen atoms in total. The van der Waals surface area contributed by atoms with Crippen LogP contribution in [-0.2, 0) is 6.42 Å². The number of rotatable bonds is 5. The molecule has 4 N–H and O–H groups in total. The standard InChI is InChI=1S/C15H15BrN2O2/c16-13-9-11(15(17)18)3-6-14(13)20-12-4-1-10(2-5-12)7-8-19/h1-6,9,19H,7-8H2,(H3,17,18). The number of hydrogen-bond acceptors (Lipinski definition) is 3. The molecule has 0 spiro atoms. The second-order valence-electron chi connectivity index (χ2n) is 4.28. The smallest absolute Gasteiger partial charge is 0.141 e. The predicted octanol–water partition coefficient (Wildman–Crippen LogP) is 3.06. The van der Waals surface area contributed by atoms with Crippen molar-refractivity contribution in [2.45, 2.75) is 6.42 Å². The van der Waals surface area contributed by atoms with E-state index in [0.29, 0.717) is 23.5 Å². The third-order valence-electron chi connectivity index (χ3n) is 2.79. The van der Waals surface area contributed by atoms with Crippen LogP contribution in [0.5, 0.6) is 11.5 Å². The molecule has 2 rings (SSSR count). The van der Waals surface area contributed by atoms with Crippen molar-refractivity contribution in [3.63, 3.8) is 0 Å². The Kier molecular flexibility index (Phi) is 4.76. The number of nitrogens with two attached hydrogens (primary N) is 1. The lowest BCUT2D eigenvalue weighted by Crippen LogP contribution is -2.10. The van der Waals surface area contributed by atoms with Crippen molar-refractivity contribution in [1.29, 1.82) is 5.41 Å². The van der Waals surface area contributed by atoms with Gasteiger partial charge in [-0.05, 0) is 58.2 Å². The van der Waals surface area contributed by atoms with Gasteiger partial charge in [-0.3, -0.25) is 5.41 Å². The van der Waals surface area contributed by atoms with E-state index >= 15 is 0 Å². The number of benzene rings is 2. The zero-order chi connectivity index (χ0) is 14.5. The molecule has 0 saturated heterocycles. The van der Waals surface area contributed by atoms with Gasteiger partial charge in [-0.2, -0.15) is 0 Å². The lowest BCUT2D eigenvalue weighted by atomic mass is 10.1. The summed E-state index contributed by atoms with van der Waals surface area (Å²) >= 11 is 3.40. The summed E-state index contributed by atoms with van der Waals surface area (Å²) in [7, 11) is 0. The van der Waals surface area contributed by atoms with E-state index in [4.69, 9.17) is 21.0 Å². The van der Waals surface area contributed by atoms with Crippen LogP contribution in [0.3, 0.4) is 0 Å². The van der Waals surface area contributed by atoms with Crippen LogP contribution in [0.25, 0.3) is 0 Å². The molecule has 0 aliphatic heterocycles. The molecule has 0 aromatic heterocycles. The average molecular weight is 335 g/mol. The summed E-state index contributed by atoms with van der Waals surface area (Å²) in [5, 5.41) is 16.2. The highest BCUT2D eigenvalue weighted by molar-refractivity contribution is 9.10. The van der Waals surface area contributed by atoms with E-state index in [1.807, 2.05) is 24.3 Å². The fraction of sp³-hybridized carbons (Fsp3) is 0.133. The Labute approximate surface area is 125 Å². The van der Waals surface area contributed by atoms with E-state index in [2.05, 4.69) is 15.9 Å². The fourth-order valence-corrected chi connectivity index (χ4v) is 2.19. The minimum absolute atomic E-state index is 0.0191. The molecule has 104 valence electrons. The summed E-state index contributed by atoms with van der Waals surface area (Å²) in [5.41, 5.74) is 7.13. The van der Waals surface area contributed by atoms with E-state index in [1.165, 1.54) is 0 Å². The topological polar surface area (TPSA) is 79.3 Å². The highest BCUT2D eigenvalue weighted by atomic mass is 79.9. The molecule has 0 fully saturated rings. The predicted molar refractivity (Wildman–Crippen MR) is 82.5 cm³/mol. The van der Waals surface area contributed by atoms with Gasteiger partial charge < -0.3 is 15.6 Å². The number of amidine groups is 1. The molecule has 0 atom stereocenters. The summed E-state index contributed by atoms with van der Waals surface area (Å²) < 4.78 is 6.50. The van der Waals surface area contributed by atoms with Gasteiger partial charge in [-0.15, -0.1) is 0 Å². The van der Waals surface area contributed by atoms with Crippen molar-refractivity contribution in [3.05, 3.63) is 58.1 Å². The SMILES string of the molecule is N=C(N)c1ccc(Oc2ccc(CCO)cc2)c(Br)c1. The average Bonchev–Trinajstić information content (AvgIpc) is 2.43. The van der Waals surface area contributed by atoms with Gasteiger partial charge in [-0.1, -0.05) is 12.1 Å². The van der Waals surface area contributed by atoms with Crippen LogP contribution in [0.4, 0.5) is 0 Å². The molecule has 0 heterocycles. The maximum atomic E-state index is 8.87. The number of hydrogen-bond donors (Lipinski definition) is 3. The van der Waals surface area contributed by atoms with Crippen LogP contribution >= 0.6 is 15.9 Å². The van der Waals surface area contributed by atoms with Crippen LogP contribution in [-0.4, -0.2) is 17.5 Å². The third-order valence-corrected chi connectivity index (χ3v) is 3.41. The highest BCUT2D eigenvalue weighted by Crippen LogP contribution is 2.30. The number of ether oxygens (including phenoxy) is 1. The molecular weight excluding hydrogens is 320 g/mol. The molecule has 0 saturated carbocycles. The van der Waals surface area contributed by atoms with Crippen LogP contribution in [0, 0.1) is 5.41 Å². The number of aliphatic hydroxyl groups excluding tert-OH is 1. The molecule has 0 bridgehead atoms. The van der Waals surface area contributed by atoms with Gasteiger partial charge in [0.05, 0.1) is 4.47 Å². The Bertz CT molecular complexity index is 612. The Hall–Kier alpha value is -1.85. The Morgan fingerprint density at radius 1 is 1.20 bits per heavy atom. The largest absolute Gasteiger partial charge is 0.456 e. The molecule has 2 aromatic rings. The first-order valence-electron chi connectivity index (χ1n) is 6.12. The van der Waals surface area contributed by atoms with Crippen molar-refractivity contribution in [2.75, 3.05) is 6.61 Å². The van der Waals surface area contributed by atoms with Crippen LogP contribution in [0.2, 0.25) is 0 Å². The van der Waals surface area contributed by atoms with Crippen molar-refractivity contribution >= 4 is 21.8 Å². The summed E-state index contributed by atoms with van der Waals surface area (Å²) in [6.07, 6.45) is 0.636. The zero-order valence-corrected chi connectivity index (χ0v) is 12.4. The van der Waals surface area contributed by atoms with Gasteiger partial charge in [0.2, 0.25) is 0 Å². The van der Waals surface area contributed by atoms with Gasteiger partial charge >= 0.3 is 0 Å². The van der Waals surface area contributed by atoms with E-state index in [9.17, 15) is 0 Å². The first kappa shape index (κ1) is 14.6. The second-order valence-corrected chi connectivity index (χ2v) is 5.13. The van der Waals surface area contributed by atoms with Gasteiger partial charge in [0.15, 0.2) is 0 Å². The lowest BCUT2D eigenvalue weighted by molar-refractivity contribution is 0.299. The number of aliphatic hydroxyl groups is 1. The molecule has 0 aliphatic carbocycles. The summed E-state index contributed by atoms with van der Waals surface area (Å²) in [4.78, 5) is 0. The summed E-state index contributed by atoms with van der Waals surface area (Å²) in [6.45, 7) is 0.137. The van der Waals surface area contributed by atoms with Gasteiger partial charge in [-0.25, -0.2) is 0 Å². The Morgan fingerprint density at radius 2 is 1.90 bits per heavy atom. The normalized spacial score (nSPS) is 10.3. The van der Waals surface area contributed by atoms with Crippen molar-refractivity contribution < 1.29 is 9.84 Å². The third kappa shape index (κ3) is 3.59. The van der Waals surface area contributed by atoms with Gasteiger partial charge in [0.25, 0.3) is 0 Å². The highest BCUT2D eigenvalue weighted by Gasteiger charge is 2.06. The Morgan fingerprint density at radius 3 is 2.45 bits per heavy atom. The lowest BCUT2D eigenvalue weighted by Gasteiger charge is -2.09. The first-order chi connectivity index (χ1) is 9.60. The number of nitrogens with one attached hydrogen (secondary N) is 1. The van der Waals surface area contributed by atoms with Crippen LogP contribution in [0.15, 0.2) is 46.9 Å². The summed E-state index contributed by atoms with van der Waals surface area (Å²) in [6, 6.07) is 12.8. The summed E-state index contributed by atoms with van der Waals surface area (Å²) in [5.74, 6) is 1.39. The molecule has 0 radical (unpaired) electrons. The van der Waals surface area contributed by atoms with Gasteiger partial charge in [0, 0.05) is 12.2 Å². The molecule has 2 aromatic carbocycles. The maximum Gasteiger partial charge on any atom is 0.141 e. The molecule has 0 unspecified atom stereocenters. The minimum Gasteiger partial charge on any atom is -0.456 e. The number of halogens is 1. The molecule has 5 heteroatoms. The molecule has 0 amide bonds. The number of nitrogen functional groups attached to an aromatic ring is 1. The van der Waals surface area contributed by atoms with E-state index in [-0.39, 0.29) is 12.4 Å². The second kappa shape index (κ2) is 6.54. The maximum absolute atomic E-state index is 8.87. The van der Waals surface area contributed by atoms with E-state index in [1.54, 1.807) is 18.2 Å². The van der Waals surface area contributed by atoms with E-state index in [0.717, 1.165) is 10.0 Å². The quantitative estimate of drug-likeness (QED) is 0.580. The first-order valence-corrected chi connectivity index (χ1v) is 6.91. The zero-order valence-electron chi connectivity index (χ0n) is 10.8. The Balaban J connectivity index is 2.15. The molecular formula is C15H15BrN2O2. The minimum atomic E-state index is 0.0191. The van der Waals surface area contributed by atoms with Crippen molar-refractivity contribution in [2.24, 2.45) is 5.73 Å². The monoisotopic (exact) mass is 334 g/mol. The van der Waals surface area contributed by atoms with Crippen LogP contribution in [0.1, 0.15) is 11.1 Å². The fourth-order valence-electron chi connectivity index (χ4n) is 1.73. The molecule has 20 heavy (non-hydrogen) atoms.